The van der Waals surface area contributed by atoms with Gasteiger partial charge in [0.1, 0.15) is 16.2 Å². The van der Waals surface area contributed by atoms with Gasteiger partial charge in [-0.1, -0.05) is 5.92 Å². The number of hydrogen-bond donors (Lipinski definition) is 1. The van der Waals surface area contributed by atoms with Crippen molar-refractivity contribution in [3.8, 4) is 12.3 Å². The van der Waals surface area contributed by atoms with E-state index in [-0.39, 0.29) is 0 Å². The lowest BCUT2D eigenvalue weighted by atomic mass is 10.5. The normalized spacial score (nSPS) is 9.08. The van der Waals surface area contributed by atoms with Gasteiger partial charge in [0, 0.05) is 6.07 Å². The van der Waals surface area contributed by atoms with Crippen molar-refractivity contribution in [1.29, 1.82) is 0 Å². The number of nitrogens with one attached hydrogen (secondary N) is 1. The maximum atomic E-state index is 5.08. The Balaban J connectivity index is 2.80. The standard InChI is InChI=1S/C8H8BrN3/c1-3-4-10-8-5-7(9)11-6(2)12-8/h1,5H,4H2,2H3,(H,10,11,12). The van der Waals surface area contributed by atoms with Crippen LogP contribution in [-0.4, -0.2) is 16.5 Å². The Morgan fingerprint density at radius 1 is 1.67 bits per heavy atom. The molecule has 0 fully saturated rings. The summed E-state index contributed by atoms with van der Waals surface area (Å²) in [6, 6.07) is 1.78. The Hall–Kier alpha value is -1.08. The van der Waals surface area contributed by atoms with Crippen molar-refractivity contribution in [2.45, 2.75) is 6.92 Å². The van der Waals surface area contributed by atoms with Gasteiger partial charge in [0.15, 0.2) is 0 Å². The molecule has 0 bridgehead atoms. The van der Waals surface area contributed by atoms with Crippen LogP contribution in [0.1, 0.15) is 5.82 Å². The highest BCUT2D eigenvalue weighted by molar-refractivity contribution is 9.10. The summed E-state index contributed by atoms with van der Waals surface area (Å²) < 4.78 is 0.759. The van der Waals surface area contributed by atoms with E-state index in [1.54, 1.807) is 6.07 Å². The van der Waals surface area contributed by atoms with Gasteiger partial charge in [0.25, 0.3) is 0 Å². The number of anilines is 1. The SMILES string of the molecule is C#CCNc1cc(Br)nc(C)n1. The molecule has 1 heterocycles. The minimum absolute atomic E-state index is 0.475. The Morgan fingerprint density at radius 2 is 2.42 bits per heavy atom. The summed E-state index contributed by atoms with van der Waals surface area (Å²) in [6.07, 6.45) is 5.08. The molecule has 0 unspecified atom stereocenters. The van der Waals surface area contributed by atoms with Crippen LogP contribution in [0.5, 0.6) is 0 Å². The lowest BCUT2D eigenvalue weighted by Gasteiger charge is -2.02. The summed E-state index contributed by atoms with van der Waals surface area (Å²) in [4.78, 5) is 8.18. The Kier molecular flexibility index (Phi) is 3.06. The molecule has 0 aliphatic heterocycles. The van der Waals surface area contributed by atoms with Gasteiger partial charge in [-0.15, -0.1) is 6.42 Å². The van der Waals surface area contributed by atoms with Crippen molar-refractivity contribution in [2.24, 2.45) is 0 Å². The molecule has 3 nitrogen and oxygen atoms in total. The van der Waals surface area contributed by atoms with E-state index in [0.717, 1.165) is 10.4 Å². The zero-order valence-electron chi connectivity index (χ0n) is 6.63. The maximum absolute atomic E-state index is 5.08. The maximum Gasteiger partial charge on any atom is 0.131 e. The highest BCUT2D eigenvalue weighted by atomic mass is 79.9. The number of aromatic nitrogens is 2. The Bertz CT molecular complexity index is 296. The van der Waals surface area contributed by atoms with Gasteiger partial charge in [0.2, 0.25) is 0 Å². The lowest BCUT2D eigenvalue weighted by Crippen LogP contribution is -2.02. The molecule has 0 spiro atoms. The van der Waals surface area contributed by atoms with Gasteiger partial charge in [-0.3, -0.25) is 0 Å². The minimum atomic E-state index is 0.475. The Labute approximate surface area is 79.7 Å². The summed E-state index contributed by atoms with van der Waals surface area (Å²) in [7, 11) is 0. The number of terminal acetylenes is 1. The zero-order valence-corrected chi connectivity index (χ0v) is 8.22. The van der Waals surface area contributed by atoms with Crippen molar-refractivity contribution in [2.75, 3.05) is 11.9 Å². The molecule has 1 aromatic heterocycles. The lowest BCUT2D eigenvalue weighted by molar-refractivity contribution is 1.03. The molecule has 62 valence electrons. The van der Waals surface area contributed by atoms with Crippen LogP contribution in [0.2, 0.25) is 0 Å². The second-order valence-electron chi connectivity index (χ2n) is 2.18. The first-order valence-corrected chi connectivity index (χ1v) is 4.20. The number of rotatable bonds is 2. The minimum Gasteiger partial charge on any atom is -0.359 e. The molecule has 0 radical (unpaired) electrons. The van der Waals surface area contributed by atoms with Gasteiger partial charge < -0.3 is 5.32 Å². The zero-order chi connectivity index (χ0) is 8.97. The molecule has 0 aliphatic rings. The molecular formula is C8H8BrN3. The van der Waals surface area contributed by atoms with E-state index in [2.05, 4.69) is 37.1 Å². The molecule has 1 rings (SSSR count). The van der Waals surface area contributed by atoms with Crippen molar-refractivity contribution in [1.82, 2.24) is 9.97 Å². The smallest absolute Gasteiger partial charge is 0.131 e. The molecule has 1 N–H and O–H groups in total. The van der Waals surface area contributed by atoms with Crippen LogP contribution in [0.4, 0.5) is 5.82 Å². The molecular weight excluding hydrogens is 218 g/mol. The quantitative estimate of drug-likeness (QED) is 0.614. The van der Waals surface area contributed by atoms with Crippen molar-refractivity contribution in [3.05, 3.63) is 16.5 Å². The number of aryl methyl sites for hydroxylation is 1. The predicted octanol–water partition coefficient (Wildman–Crippen LogP) is 1.59. The van der Waals surface area contributed by atoms with E-state index in [1.807, 2.05) is 6.92 Å². The second-order valence-corrected chi connectivity index (χ2v) is 2.99. The van der Waals surface area contributed by atoms with E-state index in [1.165, 1.54) is 0 Å². The van der Waals surface area contributed by atoms with Gasteiger partial charge in [-0.25, -0.2) is 9.97 Å². The van der Waals surface area contributed by atoms with E-state index in [0.29, 0.717) is 12.4 Å². The first-order valence-electron chi connectivity index (χ1n) is 3.41. The van der Waals surface area contributed by atoms with E-state index >= 15 is 0 Å². The summed E-state index contributed by atoms with van der Waals surface area (Å²) >= 11 is 3.26. The van der Waals surface area contributed by atoms with E-state index in [9.17, 15) is 0 Å². The van der Waals surface area contributed by atoms with Crippen molar-refractivity contribution in [3.63, 3.8) is 0 Å². The van der Waals surface area contributed by atoms with Crippen LogP contribution in [0.3, 0.4) is 0 Å². The molecule has 0 aromatic carbocycles. The molecule has 1 aromatic rings. The van der Waals surface area contributed by atoms with E-state index in [4.69, 9.17) is 6.42 Å². The highest BCUT2D eigenvalue weighted by Gasteiger charge is 1.96. The third-order valence-corrected chi connectivity index (χ3v) is 1.58. The van der Waals surface area contributed by atoms with Crippen LogP contribution >= 0.6 is 15.9 Å². The highest BCUT2D eigenvalue weighted by Crippen LogP contribution is 2.11. The fourth-order valence-electron chi connectivity index (χ4n) is 0.763. The third-order valence-electron chi connectivity index (χ3n) is 1.18. The molecule has 0 saturated carbocycles. The van der Waals surface area contributed by atoms with Gasteiger partial charge in [0.05, 0.1) is 6.54 Å². The van der Waals surface area contributed by atoms with Crippen LogP contribution in [0.15, 0.2) is 10.7 Å². The first kappa shape index (κ1) is 9.01. The number of halogens is 1. The number of hydrogen-bond acceptors (Lipinski definition) is 3. The van der Waals surface area contributed by atoms with Crippen LogP contribution < -0.4 is 5.32 Å². The van der Waals surface area contributed by atoms with Crippen LogP contribution in [-0.2, 0) is 0 Å². The summed E-state index contributed by atoms with van der Waals surface area (Å²) in [5, 5.41) is 2.96. The monoisotopic (exact) mass is 225 g/mol. The molecule has 0 amide bonds. The fraction of sp³-hybridized carbons (Fsp3) is 0.250. The molecule has 12 heavy (non-hydrogen) atoms. The van der Waals surface area contributed by atoms with Gasteiger partial charge in [-0.05, 0) is 22.9 Å². The van der Waals surface area contributed by atoms with Gasteiger partial charge in [-0.2, -0.15) is 0 Å². The first-order chi connectivity index (χ1) is 5.72. The number of nitrogens with zero attached hydrogens (tertiary/aromatic N) is 2. The fourth-order valence-corrected chi connectivity index (χ4v) is 1.24. The van der Waals surface area contributed by atoms with E-state index < -0.39 is 0 Å². The second kappa shape index (κ2) is 4.07. The summed E-state index contributed by atoms with van der Waals surface area (Å²) in [6.45, 7) is 2.30. The average Bonchev–Trinajstić information content (AvgIpc) is 1.99. The van der Waals surface area contributed by atoms with Crippen molar-refractivity contribution < 1.29 is 0 Å². The van der Waals surface area contributed by atoms with Crippen LogP contribution in [0, 0.1) is 19.3 Å². The topological polar surface area (TPSA) is 37.8 Å². The van der Waals surface area contributed by atoms with Crippen LogP contribution in [0.25, 0.3) is 0 Å². The summed E-state index contributed by atoms with van der Waals surface area (Å²) in [5.41, 5.74) is 0. The van der Waals surface area contributed by atoms with Gasteiger partial charge >= 0.3 is 0 Å². The molecule has 0 aliphatic carbocycles. The Morgan fingerprint density at radius 3 is 3.00 bits per heavy atom. The third kappa shape index (κ3) is 2.51. The molecule has 4 heteroatoms. The molecule has 0 saturated heterocycles. The average molecular weight is 226 g/mol. The van der Waals surface area contributed by atoms with Crippen molar-refractivity contribution >= 4 is 21.7 Å². The summed E-state index contributed by atoms with van der Waals surface area (Å²) in [5.74, 6) is 3.92. The predicted molar refractivity (Wildman–Crippen MR) is 51.8 cm³/mol. The molecule has 0 atom stereocenters. The largest absolute Gasteiger partial charge is 0.359 e.